The molecule has 2 rings (SSSR count). The van der Waals surface area contributed by atoms with Crippen LogP contribution in [0.25, 0.3) is 0 Å². The number of fused-ring (bicyclic) bond motifs is 2. The summed E-state index contributed by atoms with van der Waals surface area (Å²) in [5.41, 5.74) is 0. The Labute approximate surface area is 101 Å². The Morgan fingerprint density at radius 3 is 2.44 bits per heavy atom. The summed E-state index contributed by atoms with van der Waals surface area (Å²) in [6.45, 7) is 1.04. The lowest BCUT2D eigenvalue weighted by Crippen LogP contribution is -2.56. The zero-order valence-electron chi connectivity index (χ0n) is 10.4. The Morgan fingerprint density at radius 1 is 1.31 bits per heavy atom. The maximum atomic E-state index is 11.2. The third kappa shape index (κ3) is 2.84. The van der Waals surface area contributed by atoms with Crippen molar-refractivity contribution in [3.63, 3.8) is 0 Å². The third-order valence-electron chi connectivity index (χ3n) is 4.17. The molecule has 2 fully saturated rings. The van der Waals surface area contributed by atoms with Gasteiger partial charge in [0.15, 0.2) is 0 Å². The van der Waals surface area contributed by atoms with Crippen LogP contribution in [-0.2, 0) is 10.8 Å². The number of rotatable bonds is 4. The first-order valence-corrected chi connectivity index (χ1v) is 8.16. The van der Waals surface area contributed by atoms with Crippen LogP contribution in [0.2, 0.25) is 0 Å². The maximum absolute atomic E-state index is 11.2. The molecule has 2 aliphatic heterocycles. The standard InChI is InChI=1S/C12H24N2OS/c1-13-10-8-11-4-3-5-12(9-10)14(11)6-7-16(2)15/h10-13H,3-9H2,1-2H3. The molecule has 2 saturated heterocycles. The summed E-state index contributed by atoms with van der Waals surface area (Å²) in [5.74, 6) is 0.844. The minimum atomic E-state index is -0.643. The normalized spacial score (nSPS) is 37.2. The molecule has 0 saturated carbocycles. The lowest BCUT2D eigenvalue weighted by atomic mass is 9.82. The van der Waals surface area contributed by atoms with Crippen LogP contribution >= 0.6 is 0 Å². The van der Waals surface area contributed by atoms with Crippen molar-refractivity contribution in [1.29, 1.82) is 0 Å². The summed E-state index contributed by atoms with van der Waals surface area (Å²) < 4.78 is 11.2. The van der Waals surface area contributed by atoms with Crippen LogP contribution in [0.5, 0.6) is 0 Å². The predicted octanol–water partition coefficient (Wildman–Crippen LogP) is 0.970. The minimum absolute atomic E-state index is 0.643. The lowest BCUT2D eigenvalue weighted by molar-refractivity contribution is 0.0317. The van der Waals surface area contributed by atoms with Crippen molar-refractivity contribution in [1.82, 2.24) is 10.2 Å². The number of nitrogens with one attached hydrogen (secondary N) is 1. The Balaban J connectivity index is 1.94. The molecule has 3 unspecified atom stereocenters. The molecule has 0 aliphatic carbocycles. The van der Waals surface area contributed by atoms with Crippen LogP contribution in [0, 0.1) is 0 Å². The molecule has 0 aromatic carbocycles. The molecule has 3 nitrogen and oxygen atoms in total. The van der Waals surface area contributed by atoms with Crippen LogP contribution in [0.1, 0.15) is 32.1 Å². The highest BCUT2D eigenvalue weighted by Gasteiger charge is 2.37. The second-order valence-electron chi connectivity index (χ2n) is 5.21. The Morgan fingerprint density at radius 2 is 1.94 bits per heavy atom. The highest BCUT2D eigenvalue weighted by Crippen LogP contribution is 2.33. The van der Waals surface area contributed by atoms with Crippen LogP contribution in [0.15, 0.2) is 0 Å². The van der Waals surface area contributed by atoms with Gasteiger partial charge in [0.1, 0.15) is 0 Å². The lowest BCUT2D eigenvalue weighted by Gasteiger charge is -2.49. The Bertz CT molecular complexity index is 245. The highest BCUT2D eigenvalue weighted by molar-refractivity contribution is 7.84. The van der Waals surface area contributed by atoms with Crippen molar-refractivity contribution in [3.05, 3.63) is 0 Å². The number of hydrogen-bond acceptors (Lipinski definition) is 3. The van der Waals surface area contributed by atoms with E-state index < -0.39 is 10.8 Å². The largest absolute Gasteiger partial charge is 0.317 e. The van der Waals surface area contributed by atoms with E-state index in [4.69, 9.17) is 0 Å². The monoisotopic (exact) mass is 244 g/mol. The SMILES string of the molecule is CNC1CC2CCCC(C1)N2CCS(C)=O. The summed E-state index contributed by atoms with van der Waals surface area (Å²) in [6, 6.07) is 2.20. The molecule has 16 heavy (non-hydrogen) atoms. The van der Waals surface area contributed by atoms with Gasteiger partial charge in [-0.1, -0.05) is 6.42 Å². The van der Waals surface area contributed by atoms with Crippen LogP contribution < -0.4 is 5.32 Å². The average molecular weight is 244 g/mol. The van der Waals surface area contributed by atoms with Crippen LogP contribution in [-0.4, -0.2) is 52.8 Å². The van der Waals surface area contributed by atoms with Gasteiger partial charge in [-0.3, -0.25) is 9.11 Å². The van der Waals surface area contributed by atoms with E-state index in [2.05, 4.69) is 17.3 Å². The second-order valence-corrected chi connectivity index (χ2v) is 6.77. The number of hydrogen-bond donors (Lipinski definition) is 1. The van der Waals surface area contributed by atoms with Gasteiger partial charge in [-0.25, -0.2) is 0 Å². The van der Waals surface area contributed by atoms with Crippen LogP contribution in [0.4, 0.5) is 0 Å². The van der Waals surface area contributed by atoms with Crippen molar-refractivity contribution in [3.8, 4) is 0 Å². The topological polar surface area (TPSA) is 32.3 Å². The van der Waals surface area contributed by atoms with Crippen LogP contribution in [0.3, 0.4) is 0 Å². The minimum Gasteiger partial charge on any atom is -0.317 e. The van der Waals surface area contributed by atoms with E-state index in [1.165, 1.54) is 32.1 Å². The molecule has 0 amide bonds. The molecule has 1 N–H and O–H groups in total. The molecular formula is C12H24N2OS. The fourth-order valence-electron chi connectivity index (χ4n) is 3.31. The fourth-order valence-corrected chi connectivity index (χ4v) is 3.78. The van der Waals surface area contributed by atoms with E-state index in [1.807, 2.05) is 6.26 Å². The second kappa shape index (κ2) is 5.61. The van der Waals surface area contributed by atoms with E-state index in [9.17, 15) is 4.21 Å². The van der Waals surface area contributed by atoms with E-state index in [1.54, 1.807) is 0 Å². The number of piperidine rings is 2. The number of nitrogens with zero attached hydrogens (tertiary/aromatic N) is 1. The maximum Gasteiger partial charge on any atom is 0.0359 e. The van der Waals surface area contributed by atoms with Gasteiger partial charge in [0.25, 0.3) is 0 Å². The smallest absolute Gasteiger partial charge is 0.0359 e. The molecule has 0 aromatic heterocycles. The molecule has 2 heterocycles. The van der Waals surface area contributed by atoms with Gasteiger partial charge in [0, 0.05) is 47.5 Å². The summed E-state index contributed by atoms with van der Waals surface area (Å²) in [4.78, 5) is 2.64. The Hall–Kier alpha value is 0.0700. The van der Waals surface area contributed by atoms with Gasteiger partial charge >= 0.3 is 0 Å². The van der Waals surface area contributed by atoms with E-state index in [0.717, 1.165) is 24.4 Å². The summed E-state index contributed by atoms with van der Waals surface area (Å²) in [6.07, 6.45) is 8.44. The van der Waals surface area contributed by atoms with E-state index in [-0.39, 0.29) is 0 Å². The van der Waals surface area contributed by atoms with Crippen molar-refractivity contribution in [2.75, 3.05) is 25.6 Å². The van der Waals surface area contributed by atoms with Crippen molar-refractivity contribution in [2.45, 2.75) is 50.2 Å². The average Bonchev–Trinajstić information content (AvgIpc) is 2.24. The van der Waals surface area contributed by atoms with Gasteiger partial charge in [0.05, 0.1) is 0 Å². The zero-order valence-corrected chi connectivity index (χ0v) is 11.3. The molecule has 0 aromatic rings. The van der Waals surface area contributed by atoms with E-state index in [0.29, 0.717) is 6.04 Å². The van der Waals surface area contributed by atoms with Gasteiger partial charge < -0.3 is 5.32 Å². The summed E-state index contributed by atoms with van der Waals surface area (Å²) in [7, 11) is 1.44. The quantitative estimate of drug-likeness (QED) is 0.800. The Kier molecular flexibility index (Phi) is 4.39. The third-order valence-corrected chi connectivity index (χ3v) is 4.93. The van der Waals surface area contributed by atoms with Gasteiger partial charge in [-0.15, -0.1) is 0 Å². The van der Waals surface area contributed by atoms with Gasteiger partial charge in [0.2, 0.25) is 0 Å². The van der Waals surface area contributed by atoms with Gasteiger partial charge in [-0.2, -0.15) is 0 Å². The molecule has 3 atom stereocenters. The molecule has 0 spiro atoms. The predicted molar refractivity (Wildman–Crippen MR) is 69.1 cm³/mol. The molecular weight excluding hydrogens is 220 g/mol. The van der Waals surface area contributed by atoms with Crippen molar-refractivity contribution >= 4 is 10.8 Å². The van der Waals surface area contributed by atoms with Crippen molar-refractivity contribution < 1.29 is 4.21 Å². The molecule has 0 radical (unpaired) electrons. The zero-order chi connectivity index (χ0) is 11.5. The summed E-state index contributed by atoms with van der Waals surface area (Å²) >= 11 is 0. The first-order valence-electron chi connectivity index (χ1n) is 6.43. The summed E-state index contributed by atoms with van der Waals surface area (Å²) in [5, 5.41) is 3.43. The first-order chi connectivity index (χ1) is 7.70. The first kappa shape index (κ1) is 12.5. The molecule has 2 bridgehead atoms. The van der Waals surface area contributed by atoms with Crippen molar-refractivity contribution in [2.24, 2.45) is 0 Å². The van der Waals surface area contributed by atoms with Gasteiger partial charge in [-0.05, 0) is 32.7 Å². The fraction of sp³-hybridized carbons (Fsp3) is 1.00. The van der Waals surface area contributed by atoms with E-state index >= 15 is 0 Å². The molecule has 94 valence electrons. The highest BCUT2D eigenvalue weighted by atomic mass is 32.2. The molecule has 4 heteroatoms. The molecule has 2 aliphatic rings.